The summed E-state index contributed by atoms with van der Waals surface area (Å²) in [6, 6.07) is 0. The van der Waals surface area contributed by atoms with Crippen LogP contribution in [0.2, 0.25) is 0 Å². The predicted octanol–water partition coefficient (Wildman–Crippen LogP) is 7.22. The molecule has 0 aliphatic carbocycles. The molecule has 0 aromatic heterocycles. The van der Waals surface area contributed by atoms with E-state index in [1.807, 2.05) is 45.9 Å². The number of carbonyl (C=O) groups excluding carboxylic acids is 2. The minimum atomic E-state index is -1.83. The van der Waals surface area contributed by atoms with Crippen molar-refractivity contribution in [2.24, 2.45) is 34.2 Å². The van der Waals surface area contributed by atoms with Gasteiger partial charge in [0.25, 0.3) is 5.91 Å². The topological polar surface area (TPSA) is 247 Å². The summed E-state index contributed by atoms with van der Waals surface area (Å²) in [5.74, 6) is -2.27. The number of aliphatic imine (C=N–C) groups is 1. The van der Waals surface area contributed by atoms with Crippen LogP contribution in [0, 0.1) is 17.8 Å². The molecule has 1 rings (SSSR count). The molecule has 1 heterocycles. The molecule has 9 unspecified atom stereocenters. The second-order valence-corrected chi connectivity index (χ2v) is 14.9. The summed E-state index contributed by atoms with van der Waals surface area (Å²) in [6.45, 7) is 17.4. The van der Waals surface area contributed by atoms with Crippen LogP contribution in [-0.4, -0.2) is 99.9 Å². The van der Waals surface area contributed by atoms with Crippen LogP contribution in [0.4, 0.5) is 0 Å². The Bertz CT molecular complexity index is 1620. The second kappa shape index (κ2) is 36.8. The van der Waals surface area contributed by atoms with Gasteiger partial charge in [0.15, 0.2) is 18.2 Å². The van der Waals surface area contributed by atoms with Crippen molar-refractivity contribution in [1.29, 1.82) is 0 Å². The molecular formula is C49H80N4O10. The number of nitrogens with one attached hydrogen (secondary N) is 1. The van der Waals surface area contributed by atoms with Crippen molar-refractivity contribution >= 4 is 24.0 Å². The normalized spacial score (nSPS) is 22.3. The molecule has 1 saturated heterocycles. The summed E-state index contributed by atoms with van der Waals surface area (Å²) >= 11 is 0. The number of nitrogens with two attached hydrogens (primary N) is 2. The lowest BCUT2D eigenvalue weighted by atomic mass is 9.92. The van der Waals surface area contributed by atoms with E-state index in [0.29, 0.717) is 11.5 Å². The van der Waals surface area contributed by atoms with Crippen LogP contribution in [0.25, 0.3) is 0 Å². The predicted molar refractivity (Wildman–Crippen MR) is 255 cm³/mol. The molecule has 14 nitrogen and oxygen atoms in total. The van der Waals surface area contributed by atoms with Crippen molar-refractivity contribution in [3.05, 3.63) is 108 Å². The number of Topliss-reactive ketones (excluding diaryl/α,β-unsaturated/α-hetero) is 1. The smallest absolute Gasteiger partial charge is 0.335 e. The van der Waals surface area contributed by atoms with Crippen LogP contribution in [0.1, 0.15) is 107 Å². The zero-order valence-electron chi connectivity index (χ0n) is 39.4. The Morgan fingerprint density at radius 3 is 2.00 bits per heavy atom. The van der Waals surface area contributed by atoms with E-state index in [0.717, 1.165) is 50.6 Å². The molecule has 9 atom stereocenters. The molecule has 0 aromatic carbocycles. The summed E-state index contributed by atoms with van der Waals surface area (Å²) in [5.41, 5.74) is 10.8. The van der Waals surface area contributed by atoms with Gasteiger partial charge in [-0.2, -0.15) is 0 Å². The zero-order valence-corrected chi connectivity index (χ0v) is 39.4. The zero-order chi connectivity index (χ0) is 48.3. The molecule has 0 radical (unpaired) electrons. The molecule has 14 heteroatoms. The molecule has 356 valence electrons. The summed E-state index contributed by atoms with van der Waals surface area (Å²) in [7, 11) is 1.50. The van der Waals surface area contributed by atoms with Crippen LogP contribution in [0.5, 0.6) is 0 Å². The number of carbonyl (C=O) groups is 3. The van der Waals surface area contributed by atoms with Crippen LogP contribution in [0.3, 0.4) is 0 Å². The first-order valence-corrected chi connectivity index (χ1v) is 22.0. The van der Waals surface area contributed by atoms with Gasteiger partial charge in [0.05, 0.1) is 12.4 Å². The standard InChI is InChI=1S/C46H69N3O10.C2H6.CH5N/c1-8-37(51)38(36(7)50)49-44(55)34(5)27-21-13-11-9-10-12-20-26-33(4)42(58-46-41(54)39(52)40(53)43(59-46)45(56)57)35(6)29-32(3)25-19-16-18-24-31(2)23-17-14-15-22-28-48-30-47;2*1-2/h9-14,17-18,20-21,24,26-27,29-33,39-43,46,51-54H,8,15-16,19,22-23,25,28H2,1-7H3,(H2,47,48)(H,49,55)(H,56,57);1-2H3;2H2,1H3/b11-9+,12-10+,17-14+,21-13+,24-18+,26-20+,34-27+,35-29+,38-37-;;. The summed E-state index contributed by atoms with van der Waals surface area (Å²) in [5, 5.41) is 53.2. The molecule has 1 aliphatic heterocycles. The minimum Gasteiger partial charge on any atom is -0.510 e. The van der Waals surface area contributed by atoms with E-state index >= 15 is 0 Å². The second-order valence-electron chi connectivity index (χ2n) is 14.9. The fraction of sp³-hybridized carbons (Fsp3) is 0.551. The maximum atomic E-state index is 12.4. The van der Waals surface area contributed by atoms with Crippen molar-refractivity contribution in [2.45, 2.75) is 144 Å². The molecule has 0 saturated carbocycles. The van der Waals surface area contributed by atoms with Gasteiger partial charge in [-0.3, -0.25) is 14.6 Å². The molecular weight excluding hydrogens is 805 g/mol. The number of rotatable bonds is 26. The Morgan fingerprint density at radius 1 is 0.810 bits per heavy atom. The van der Waals surface area contributed by atoms with E-state index in [4.69, 9.17) is 15.2 Å². The maximum Gasteiger partial charge on any atom is 0.335 e. The van der Waals surface area contributed by atoms with Gasteiger partial charge in [0.1, 0.15) is 29.8 Å². The van der Waals surface area contributed by atoms with Crippen molar-refractivity contribution < 1.29 is 49.4 Å². The van der Waals surface area contributed by atoms with Gasteiger partial charge in [0.2, 0.25) is 0 Å². The molecule has 63 heavy (non-hydrogen) atoms. The third kappa shape index (κ3) is 25.9. The van der Waals surface area contributed by atoms with Gasteiger partial charge >= 0.3 is 5.97 Å². The minimum absolute atomic E-state index is 0.118. The number of carboxylic acid groups (broad SMARTS) is 1. The number of aliphatic hydroxyl groups excluding tert-OH is 4. The van der Waals surface area contributed by atoms with Gasteiger partial charge < -0.3 is 51.8 Å². The molecule has 0 aromatic rings. The van der Waals surface area contributed by atoms with Gasteiger partial charge in [-0.1, -0.05) is 127 Å². The lowest BCUT2D eigenvalue weighted by molar-refractivity contribution is -0.303. The van der Waals surface area contributed by atoms with Crippen molar-refractivity contribution in [1.82, 2.24) is 5.32 Å². The lowest BCUT2D eigenvalue weighted by Gasteiger charge is -2.40. The highest BCUT2D eigenvalue weighted by Gasteiger charge is 2.48. The molecule has 0 spiro atoms. The fourth-order valence-corrected chi connectivity index (χ4v) is 6.04. The van der Waals surface area contributed by atoms with E-state index in [1.54, 1.807) is 50.3 Å². The summed E-state index contributed by atoms with van der Waals surface area (Å²) in [6.07, 6.45) is 24.9. The highest BCUT2D eigenvalue weighted by molar-refractivity contribution is 6.02. The molecule has 1 amide bonds. The maximum absolute atomic E-state index is 12.4. The van der Waals surface area contributed by atoms with Crippen LogP contribution >= 0.6 is 0 Å². The average Bonchev–Trinajstić information content (AvgIpc) is 3.26. The lowest BCUT2D eigenvalue weighted by Crippen LogP contribution is -2.61. The number of ketones is 1. The molecule has 10 N–H and O–H groups in total. The van der Waals surface area contributed by atoms with Crippen LogP contribution < -0.4 is 16.8 Å². The van der Waals surface area contributed by atoms with Gasteiger partial charge in [-0.25, -0.2) is 4.79 Å². The summed E-state index contributed by atoms with van der Waals surface area (Å²) in [4.78, 5) is 39.9. The Hall–Kier alpha value is -4.70. The summed E-state index contributed by atoms with van der Waals surface area (Å²) < 4.78 is 11.7. The first-order valence-electron chi connectivity index (χ1n) is 22.0. The van der Waals surface area contributed by atoms with Crippen molar-refractivity contribution in [2.75, 3.05) is 13.6 Å². The van der Waals surface area contributed by atoms with Gasteiger partial charge in [0, 0.05) is 31.4 Å². The number of aliphatic carboxylic acids is 1. The van der Waals surface area contributed by atoms with Crippen molar-refractivity contribution in [3.8, 4) is 0 Å². The Labute approximate surface area is 377 Å². The van der Waals surface area contributed by atoms with E-state index in [9.17, 15) is 39.9 Å². The van der Waals surface area contributed by atoms with Crippen LogP contribution in [0.15, 0.2) is 113 Å². The number of unbranched alkanes of at least 4 members (excludes halogenated alkanes) is 2. The van der Waals surface area contributed by atoms with E-state index in [-0.39, 0.29) is 29.7 Å². The SMILES string of the molecule is CC.CC/C(O)=C(/NC(=O)/C(C)=C/C=C/C=C/C=C/C=C/C(C)C(OC1OC(C(=O)O)C(O)C(O)C1O)/C(C)=C/C(C)CCC/C=C/C(C)C/C=C/CCCN=CN)C(C)=O.CN. The van der Waals surface area contributed by atoms with E-state index in [2.05, 4.69) is 60.3 Å². The first-order chi connectivity index (χ1) is 30.0. The number of hydrogen-bond acceptors (Lipinski definition) is 11. The molecule has 1 fully saturated rings. The monoisotopic (exact) mass is 885 g/mol. The number of amides is 1. The fourth-order valence-electron chi connectivity index (χ4n) is 6.04. The largest absolute Gasteiger partial charge is 0.510 e. The Kier molecular flexibility index (Phi) is 35.2. The van der Waals surface area contributed by atoms with E-state index < -0.39 is 54.5 Å². The number of ether oxygens (including phenoxy) is 2. The number of nitrogens with zero attached hydrogens (tertiary/aromatic N) is 1. The highest BCUT2D eigenvalue weighted by Crippen LogP contribution is 2.29. The third-order valence-electron chi connectivity index (χ3n) is 9.50. The van der Waals surface area contributed by atoms with Crippen LogP contribution in [-0.2, 0) is 23.9 Å². The Morgan fingerprint density at radius 2 is 1.41 bits per heavy atom. The molecule has 0 bridgehead atoms. The van der Waals surface area contributed by atoms with Gasteiger partial charge in [-0.15, -0.1) is 0 Å². The third-order valence-corrected chi connectivity index (χ3v) is 9.50. The number of aliphatic hydroxyl groups is 4. The number of allylic oxidation sites excluding steroid dienone is 15. The quantitative estimate of drug-likeness (QED) is 0.00817. The highest BCUT2D eigenvalue weighted by atomic mass is 16.7. The number of hydrogen-bond donors (Lipinski definition) is 8. The average molecular weight is 885 g/mol. The van der Waals surface area contributed by atoms with Gasteiger partial charge in [-0.05, 0) is 76.8 Å². The Balaban J connectivity index is 0. The molecule has 1 aliphatic rings. The number of carboxylic acids is 1. The first kappa shape index (κ1) is 60.4. The van der Waals surface area contributed by atoms with Crippen molar-refractivity contribution in [3.63, 3.8) is 0 Å². The van der Waals surface area contributed by atoms with E-state index in [1.165, 1.54) is 20.3 Å².